The molecule has 4 aromatic rings. The molecule has 2 aromatic carbocycles. The molecule has 3 N–H and O–H groups in total. The first-order valence-electron chi connectivity index (χ1n) is 11.3. The van der Waals surface area contributed by atoms with Gasteiger partial charge in [0.15, 0.2) is 17.3 Å². The molecule has 0 bridgehead atoms. The lowest BCUT2D eigenvalue weighted by Gasteiger charge is -2.45. The normalized spacial score (nSPS) is 15.8. The van der Waals surface area contributed by atoms with Gasteiger partial charge in [-0.2, -0.15) is 0 Å². The van der Waals surface area contributed by atoms with E-state index in [2.05, 4.69) is 20.3 Å². The number of amides is 1. The number of hydrogen-bond acceptors (Lipinski definition) is 5. The highest BCUT2D eigenvalue weighted by Gasteiger charge is 2.47. The Morgan fingerprint density at radius 2 is 2.03 bits per heavy atom. The molecule has 8 nitrogen and oxygen atoms in total. The van der Waals surface area contributed by atoms with Crippen molar-refractivity contribution in [2.24, 2.45) is 0 Å². The highest BCUT2D eigenvalue weighted by atomic mass is 19.1. The minimum absolute atomic E-state index is 0.0513. The zero-order chi connectivity index (χ0) is 25.4. The Morgan fingerprint density at radius 3 is 2.78 bits per heavy atom. The van der Waals surface area contributed by atoms with Gasteiger partial charge >= 0.3 is 0 Å². The number of carbonyl (C=O) groups is 1. The van der Waals surface area contributed by atoms with E-state index in [9.17, 15) is 18.7 Å². The van der Waals surface area contributed by atoms with Crippen molar-refractivity contribution in [3.63, 3.8) is 0 Å². The molecule has 0 spiro atoms. The van der Waals surface area contributed by atoms with Crippen molar-refractivity contribution in [3.8, 4) is 0 Å². The van der Waals surface area contributed by atoms with E-state index in [0.717, 1.165) is 22.8 Å². The van der Waals surface area contributed by atoms with Crippen molar-refractivity contribution in [2.45, 2.75) is 19.4 Å². The number of H-pyrrole nitrogens is 1. The molecular weight excluding hydrogens is 466 g/mol. The van der Waals surface area contributed by atoms with Crippen LogP contribution in [-0.4, -0.2) is 48.5 Å². The van der Waals surface area contributed by atoms with Crippen molar-refractivity contribution >= 4 is 34.7 Å². The molecule has 2 aromatic heterocycles. The fourth-order valence-corrected chi connectivity index (χ4v) is 4.11. The summed E-state index contributed by atoms with van der Waals surface area (Å²) in [5.41, 5.74) is 1.49. The third-order valence-corrected chi connectivity index (χ3v) is 6.05. The number of carbonyl (C=O) groups excluding carboxylic acids is 1. The predicted octanol–water partition coefficient (Wildman–Crippen LogP) is 4.18. The zero-order valence-corrected chi connectivity index (χ0v) is 19.7. The summed E-state index contributed by atoms with van der Waals surface area (Å²) in [6.07, 6.45) is 5.38. The largest absolute Gasteiger partial charge is 0.378 e. The van der Waals surface area contributed by atoms with Crippen molar-refractivity contribution in [1.29, 1.82) is 0 Å². The standard InChI is InChI=1S/C26H24F2N6O2/c1-16-7-8-20(18(27)11-16)30-12-19(28)23-29-9-10-33(23)13-17(2)24(35)34-14-26(36,15-34)25-31-21-5-3-4-6-22(21)32-25/h3-13,30,36H,14-15H2,1-2H3,(H,31,32)/b17-13+,19-12-. The third-order valence-electron chi connectivity index (χ3n) is 6.05. The summed E-state index contributed by atoms with van der Waals surface area (Å²) >= 11 is 0. The molecule has 36 heavy (non-hydrogen) atoms. The summed E-state index contributed by atoms with van der Waals surface area (Å²) in [6, 6.07) is 12.0. The van der Waals surface area contributed by atoms with E-state index in [0.29, 0.717) is 11.4 Å². The number of fused-ring (bicyclic) bond motifs is 1. The van der Waals surface area contributed by atoms with Gasteiger partial charge < -0.3 is 24.9 Å². The van der Waals surface area contributed by atoms with Gasteiger partial charge in [-0.3, -0.25) is 4.79 Å². The summed E-state index contributed by atoms with van der Waals surface area (Å²) in [4.78, 5) is 26.0. The molecule has 0 atom stereocenters. The number of aliphatic hydroxyl groups is 1. The lowest BCUT2D eigenvalue weighted by atomic mass is 9.92. The monoisotopic (exact) mass is 490 g/mol. The molecule has 1 aliphatic heterocycles. The Kier molecular flexibility index (Phi) is 5.89. The lowest BCUT2D eigenvalue weighted by Crippen LogP contribution is -2.61. The number of benzene rings is 2. The summed E-state index contributed by atoms with van der Waals surface area (Å²) in [7, 11) is 0. The highest BCUT2D eigenvalue weighted by Crippen LogP contribution is 2.32. The van der Waals surface area contributed by atoms with Gasteiger partial charge in [-0.15, -0.1) is 0 Å². The number of halogens is 2. The molecule has 1 amide bonds. The number of para-hydroxylation sites is 2. The first kappa shape index (κ1) is 23.4. The predicted molar refractivity (Wildman–Crippen MR) is 133 cm³/mol. The van der Waals surface area contributed by atoms with Crippen LogP contribution in [0, 0.1) is 12.7 Å². The van der Waals surface area contributed by atoms with Gasteiger partial charge in [0.1, 0.15) is 11.6 Å². The molecule has 0 unspecified atom stereocenters. The number of nitrogens with one attached hydrogen (secondary N) is 2. The maximum absolute atomic E-state index is 14.8. The molecule has 1 saturated heterocycles. The third kappa shape index (κ3) is 4.38. The van der Waals surface area contributed by atoms with Gasteiger partial charge in [-0.25, -0.2) is 18.7 Å². The summed E-state index contributed by atoms with van der Waals surface area (Å²) in [5.74, 6) is -1.18. The van der Waals surface area contributed by atoms with E-state index in [1.807, 2.05) is 24.3 Å². The molecule has 3 heterocycles. The molecule has 1 fully saturated rings. The lowest BCUT2D eigenvalue weighted by molar-refractivity contribution is -0.154. The molecule has 0 aliphatic carbocycles. The number of rotatable bonds is 6. The Hall–Kier alpha value is -4.31. The molecule has 0 radical (unpaired) electrons. The number of aryl methyl sites for hydroxylation is 1. The van der Waals surface area contributed by atoms with E-state index in [1.165, 1.54) is 40.2 Å². The van der Waals surface area contributed by atoms with Crippen LogP contribution in [0.1, 0.15) is 24.1 Å². The minimum atomic E-state index is -1.26. The van der Waals surface area contributed by atoms with Crippen LogP contribution in [0.2, 0.25) is 0 Å². The number of aromatic nitrogens is 4. The van der Waals surface area contributed by atoms with E-state index >= 15 is 0 Å². The second-order valence-corrected chi connectivity index (χ2v) is 8.89. The Bertz CT molecular complexity index is 1480. The first-order chi connectivity index (χ1) is 17.2. The Balaban J connectivity index is 1.27. The van der Waals surface area contributed by atoms with Gasteiger partial charge in [0.25, 0.3) is 5.91 Å². The van der Waals surface area contributed by atoms with Crippen LogP contribution in [-0.2, 0) is 10.4 Å². The summed E-state index contributed by atoms with van der Waals surface area (Å²) < 4.78 is 30.2. The van der Waals surface area contributed by atoms with Crippen molar-refractivity contribution in [2.75, 3.05) is 18.4 Å². The average molecular weight is 491 g/mol. The van der Waals surface area contributed by atoms with Gasteiger partial charge in [0.2, 0.25) is 0 Å². The van der Waals surface area contributed by atoms with Crippen LogP contribution in [0.4, 0.5) is 14.5 Å². The zero-order valence-electron chi connectivity index (χ0n) is 19.7. The number of imidazole rings is 2. The van der Waals surface area contributed by atoms with Crippen LogP contribution in [0.15, 0.2) is 66.6 Å². The SMILES string of the molecule is C/C(=C\n1ccnc1/C(F)=C/Nc1ccc(C)cc1F)C(=O)N1CC(O)(c2nc3ccccc3[nH]2)C1. The number of hydrogen-bond donors (Lipinski definition) is 3. The van der Waals surface area contributed by atoms with Crippen LogP contribution >= 0.6 is 0 Å². The Labute approximate surface area is 205 Å². The van der Waals surface area contributed by atoms with Crippen LogP contribution in [0.25, 0.3) is 23.1 Å². The first-order valence-corrected chi connectivity index (χ1v) is 11.3. The van der Waals surface area contributed by atoms with Gasteiger partial charge in [0.05, 0.1) is 29.8 Å². The van der Waals surface area contributed by atoms with Gasteiger partial charge in [0, 0.05) is 30.4 Å². The van der Waals surface area contributed by atoms with Crippen molar-refractivity contribution < 1.29 is 18.7 Å². The van der Waals surface area contributed by atoms with Crippen molar-refractivity contribution in [1.82, 2.24) is 24.4 Å². The van der Waals surface area contributed by atoms with E-state index in [-0.39, 0.29) is 30.5 Å². The number of β-amino-alcohol motifs (C(OH)–C–C–N with tert-alkyl or cyclic N) is 1. The molecule has 5 rings (SSSR count). The quantitative estimate of drug-likeness (QED) is 0.352. The second-order valence-electron chi connectivity index (χ2n) is 8.89. The molecule has 1 aliphatic rings. The van der Waals surface area contributed by atoms with Gasteiger partial charge in [-0.1, -0.05) is 18.2 Å². The number of likely N-dealkylation sites (tertiary alicyclic amines) is 1. The summed E-state index contributed by atoms with van der Waals surface area (Å²) in [6.45, 7) is 3.52. The number of anilines is 1. The minimum Gasteiger partial charge on any atom is -0.378 e. The smallest absolute Gasteiger partial charge is 0.251 e. The summed E-state index contributed by atoms with van der Waals surface area (Å²) in [5, 5.41) is 13.5. The van der Waals surface area contributed by atoms with Crippen molar-refractivity contribution in [3.05, 3.63) is 89.7 Å². The molecular formula is C26H24F2N6O2. The van der Waals surface area contributed by atoms with Crippen LogP contribution in [0.5, 0.6) is 0 Å². The second kappa shape index (κ2) is 9.04. The maximum Gasteiger partial charge on any atom is 0.251 e. The fourth-order valence-electron chi connectivity index (χ4n) is 4.11. The molecule has 184 valence electrons. The highest BCUT2D eigenvalue weighted by molar-refractivity contribution is 5.96. The number of aromatic amines is 1. The van der Waals surface area contributed by atoms with E-state index < -0.39 is 17.2 Å². The Morgan fingerprint density at radius 1 is 1.25 bits per heavy atom. The van der Waals surface area contributed by atoms with E-state index in [4.69, 9.17) is 0 Å². The van der Waals surface area contributed by atoms with E-state index in [1.54, 1.807) is 19.9 Å². The fraction of sp³-hybridized carbons (Fsp3) is 0.192. The molecule has 10 heteroatoms. The van der Waals surface area contributed by atoms with Crippen LogP contribution in [0.3, 0.4) is 0 Å². The van der Waals surface area contributed by atoms with Crippen LogP contribution < -0.4 is 5.32 Å². The van der Waals surface area contributed by atoms with Gasteiger partial charge in [-0.05, 0) is 43.7 Å². The number of nitrogens with zero attached hydrogens (tertiary/aromatic N) is 4. The molecule has 0 saturated carbocycles. The maximum atomic E-state index is 14.8. The average Bonchev–Trinajstić information content (AvgIpc) is 3.48. The topological polar surface area (TPSA) is 99.1 Å².